The van der Waals surface area contributed by atoms with Crippen LogP contribution in [-0.4, -0.2) is 29.3 Å². The lowest BCUT2D eigenvalue weighted by atomic mass is 9.76. The van der Waals surface area contributed by atoms with Gasteiger partial charge in [0.25, 0.3) is 0 Å². The molecule has 5 heteroatoms. The molecule has 0 aliphatic heterocycles. The molecule has 0 amide bonds. The number of aliphatic carboxylic acids is 1. The predicted octanol–water partition coefficient (Wildman–Crippen LogP) is 1.55. The summed E-state index contributed by atoms with van der Waals surface area (Å²) in [5.74, 6) is -2.20. The van der Waals surface area contributed by atoms with Crippen LogP contribution in [0.4, 0.5) is 0 Å². The fourth-order valence-electron chi connectivity index (χ4n) is 2.05. The number of carboxylic acid groups (broad SMARTS) is 1. The highest BCUT2D eigenvalue weighted by Crippen LogP contribution is 2.36. The van der Waals surface area contributed by atoms with Gasteiger partial charge in [-0.1, -0.05) is 30.3 Å². The van der Waals surface area contributed by atoms with Crippen molar-refractivity contribution in [1.82, 2.24) is 0 Å². The van der Waals surface area contributed by atoms with Gasteiger partial charge in [0.15, 0.2) is 5.41 Å². The van der Waals surface area contributed by atoms with Gasteiger partial charge < -0.3 is 14.9 Å². The molecule has 0 aromatic heterocycles. The highest BCUT2D eigenvalue weighted by atomic mass is 16.5. The number of benzene rings is 1. The molecule has 0 saturated heterocycles. The molecule has 1 rings (SSSR count). The van der Waals surface area contributed by atoms with E-state index in [9.17, 15) is 19.8 Å². The van der Waals surface area contributed by atoms with E-state index in [0.29, 0.717) is 5.56 Å². The van der Waals surface area contributed by atoms with Gasteiger partial charge >= 0.3 is 11.9 Å². The summed E-state index contributed by atoms with van der Waals surface area (Å²) in [5, 5.41) is 19.7. The third-order valence-electron chi connectivity index (χ3n) is 3.20. The molecule has 1 aromatic carbocycles. The van der Waals surface area contributed by atoms with Gasteiger partial charge in [0.2, 0.25) is 0 Å². The summed E-state index contributed by atoms with van der Waals surface area (Å²) >= 11 is 0. The van der Waals surface area contributed by atoms with E-state index in [1.54, 1.807) is 30.3 Å². The number of carbonyl (C=O) groups is 2. The Bertz CT molecular complexity index is 466. The van der Waals surface area contributed by atoms with E-state index in [1.807, 2.05) is 0 Å². The SMILES string of the molecule is COC(=O)C(C)(CC(C)(O)c1ccccc1)C(=O)O. The van der Waals surface area contributed by atoms with Crippen molar-refractivity contribution in [2.24, 2.45) is 5.41 Å². The average Bonchev–Trinajstić information content (AvgIpc) is 2.38. The summed E-state index contributed by atoms with van der Waals surface area (Å²) in [6.45, 7) is 2.73. The zero-order valence-electron chi connectivity index (χ0n) is 11.2. The van der Waals surface area contributed by atoms with Crippen LogP contribution < -0.4 is 0 Å². The van der Waals surface area contributed by atoms with Gasteiger partial charge in [-0.25, -0.2) is 0 Å². The average molecular weight is 266 g/mol. The van der Waals surface area contributed by atoms with Crippen molar-refractivity contribution < 1.29 is 24.5 Å². The minimum absolute atomic E-state index is 0.272. The molecule has 2 N–H and O–H groups in total. The fourth-order valence-corrected chi connectivity index (χ4v) is 2.05. The maximum Gasteiger partial charge on any atom is 0.323 e. The first-order valence-electron chi connectivity index (χ1n) is 5.84. The predicted molar refractivity (Wildman–Crippen MR) is 68.4 cm³/mol. The number of hydrogen-bond donors (Lipinski definition) is 2. The number of methoxy groups -OCH3 is 1. The smallest absolute Gasteiger partial charge is 0.323 e. The summed E-state index contributed by atoms with van der Waals surface area (Å²) in [5.41, 5.74) is -2.69. The topological polar surface area (TPSA) is 83.8 Å². The van der Waals surface area contributed by atoms with Crippen molar-refractivity contribution in [2.45, 2.75) is 25.9 Å². The third-order valence-corrected chi connectivity index (χ3v) is 3.20. The lowest BCUT2D eigenvalue weighted by molar-refractivity contribution is -0.170. The summed E-state index contributed by atoms with van der Waals surface area (Å²) in [7, 11) is 1.13. The molecule has 0 heterocycles. The van der Waals surface area contributed by atoms with Crippen molar-refractivity contribution in [2.75, 3.05) is 7.11 Å². The molecule has 5 nitrogen and oxygen atoms in total. The molecule has 2 atom stereocenters. The Hall–Kier alpha value is -1.88. The Kier molecular flexibility index (Phi) is 4.32. The minimum Gasteiger partial charge on any atom is -0.480 e. The largest absolute Gasteiger partial charge is 0.480 e. The molecular formula is C14H18O5. The summed E-state index contributed by atoms with van der Waals surface area (Å²) in [6.07, 6.45) is -0.272. The summed E-state index contributed by atoms with van der Waals surface area (Å²) in [4.78, 5) is 23.0. The van der Waals surface area contributed by atoms with Gasteiger partial charge in [0.05, 0.1) is 12.7 Å². The van der Waals surface area contributed by atoms with E-state index in [1.165, 1.54) is 13.8 Å². The van der Waals surface area contributed by atoms with Gasteiger partial charge in [0.1, 0.15) is 0 Å². The quantitative estimate of drug-likeness (QED) is 0.624. The van der Waals surface area contributed by atoms with Crippen LogP contribution in [0.5, 0.6) is 0 Å². The Labute approximate surface area is 111 Å². The second kappa shape index (κ2) is 5.40. The number of ether oxygens (including phenoxy) is 1. The fraction of sp³-hybridized carbons (Fsp3) is 0.429. The zero-order valence-corrected chi connectivity index (χ0v) is 11.2. The van der Waals surface area contributed by atoms with Gasteiger partial charge in [-0.3, -0.25) is 9.59 Å². The molecule has 2 unspecified atom stereocenters. The normalized spacial score (nSPS) is 17.1. The van der Waals surface area contributed by atoms with Crippen molar-refractivity contribution in [1.29, 1.82) is 0 Å². The number of rotatable bonds is 5. The lowest BCUT2D eigenvalue weighted by Gasteiger charge is -2.31. The maximum atomic E-state index is 11.7. The van der Waals surface area contributed by atoms with Crippen molar-refractivity contribution >= 4 is 11.9 Å². The molecule has 104 valence electrons. The standard InChI is InChI=1S/C14H18O5/c1-13(11(15)16,12(17)19-3)9-14(2,18)10-7-5-4-6-8-10/h4-8,18H,9H2,1-3H3,(H,15,16). The molecule has 0 bridgehead atoms. The second-order valence-corrected chi connectivity index (χ2v) is 4.95. The first-order chi connectivity index (χ1) is 8.74. The molecule has 1 aromatic rings. The molecule has 0 aliphatic rings. The highest BCUT2D eigenvalue weighted by molar-refractivity contribution is 5.98. The molecule has 0 fully saturated rings. The van der Waals surface area contributed by atoms with Gasteiger partial charge in [-0.05, 0) is 19.4 Å². The first-order valence-corrected chi connectivity index (χ1v) is 5.84. The number of hydrogen-bond acceptors (Lipinski definition) is 4. The van der Waals surface area contributed by atoms with Gasteiger partial charge in [0, 0.05) is 6.42 Å². The third kappa shape index (κ3) is 3.12. The summed E-state index contributed by atoms with van der Waals surface area (Å²) in [6, 6.07) is 8.62. The van der Waals surface area contributed by atoms with Crippen LogP contribution in [0.15, 0.2) is 30.3 Å². The Balaban J connectivity index is 3.10. The van der Waals surface area contributed by atoms with Crippen LogP contribution in [0.1, 0.15) is 25.8 Å². The van der Waals surface area contributed by atoms with Crippen molar-refractivity contribution in [3.05, 3.63) is 35.9 Å². The number of esters is 1. The molecule has 0 spiro atoms. The van der Waals surface area contributed by atoms with E-state index < -0.39 is 23.0 Å². The van der Waals surface area contributed by atoms with E-state index in [2.05, 4.69) is 4.74 Å². The highest BCUT2D eigenvalue weighted by Gasteiger charge is 2.47. The minimum atomic E-state index is -1.80. The molecule has 0 aliphatic carbocycles. The molecule has 19 heavy (non-hydrogen) atoms. The van der Waals surface area contributed by atoms with Crippen molar-refractivity contribution in [3.63, 3.8) is 0 Å². The van der Waals surface area contributed by atoms with E-state index in [4.69, 9.17) is 0 Å². The molecule has 0 saturated carbocycles. The Morgan fingerprint density at radius 3 is 2.16 bits per heavy atom. The zero-order chi connectivity index (χ0) is 14.7. The van der Waals surface area contributed by atoms with Crippen LogP contribution >= 0.6 is 0 Å². The van der Waals surface area contributed by atoms with Crippen LogP contribution in [0.2, 0.25) is 0 Å². The monoisotopic (exact) mass is 266 g/mol. The van der Waals surface area contributed by atoms with E-state index in [0.717, 1.165) is 7.11 Å². The van der Waals surface area contributed by atoms with Crippen LogP contribution in [-0.2, 0) is 19.9 Å². The molecule has 0 radical (unpaired) electrons. The summed E-state index contributed by atoms with van der Waals surface area (Å²) < 4.78 is 4.53. The van der Waals surface area contributed by atoms with Crippen molar-refractivity contribution in [3.8, 4) is 0 Å². The first kappa shape index (κ1) is 15.2. The second-order valence-electron chi connectivity index (χ2n) is 4.95. The van der Waals surface area contributed by atoms with Crippen LogP contribution in [0, 0.1) is 5.41 Å². The van der Waals surface area contributed by atoms with Gasteiger partial charge in [-0.15, -0.1) is 0 Å². The number of carboxylic acids is 1. The van der Waals surface area contributed by atoms with Gasteiger partial charge in [-0.2, -0.15) is 0 Å². The molecular weight excluding hydrogens is 248 g/mol. The van der Waals surface area contributed by atoms with E-state index in [-0.39, 0.29) is 6.42 Å². The van der Waals surface area contributed by atoms with Crippen LogP contribution in [0.3, 0.4) is 0 Å². The number of carbonyl (C=O) groups excluding carboxylic acids is 1. The maximum absolute atomic E-state index is 11.7. The Morgan fingerprint density at radius 2 is 1.74 bits per heavy atom. The lowest BCUT2D eigenvalue weighted by Crippen LogP contribution is -2.43. The van der Waals surface area contributed by atoms with E-state index >= 15 is 0 Å². The van der Waals surface area contributed by atoms with Crippen LogP contribution in [0.25, 0.3) is 0 Å². The Morgan fingerprint density at radius 1 is 1.21 bits per heavy atom. The number of aliphatic hydroxyl groups is 1.